The molecular weight excluding hydrogens is 166 g/mol. The highest BCUT2D eigenvalue weighted by molar-refractivity contribution is 4.69. The van der Waals surface area contributed by atoms with Crippen LogP contribution in [-0.2, 0) is 4.74 Å². The Hall–Kier alpha value is -0.120. The highest BCUT2D eigenvalue weighted by Gasteiger charge is 2.15. The molecule has 0 bridgehead atoms. The number of rotatable bonds is 4. The molecule has 0 aromatic rings. The summed E-state index contributed by atoms with van der Waals surface area (Å²) in [6.45, 7) is 3.63. The molecule has 0 aliphatic carbocycles. The van der Waals surface area contributed by atoms with Crippen molar-refractivity contribution >= 4 is 0 Å². The van der Waals surface area contributed by atoms with Crippen molar-refractivity contribution in [2.45, 2.75) is 31.8 Å². The molecule has 0 spiro atoms. The smallest absolute Gasteiger partial charge is 0.0584 e. The van der Waals surface area contributed by atoms with E-state index in [1.807, 2.05) is 0 Å². The van der Waals surface area contributed by atoms with Gasteiger partial charge in [0.15, 0.2) is 0 Å². The van der Waals surface area contributed by atoms with Gasteiger partial charge in [-0.05, 0) is 32.2 Å². The van der Waals surface area contributed by atoms with E-state index in [2.05, 4.69) is 4.90 Å². The van der Waals surface area contributed by atoms with Gasteiger partial charge < -0.3 is 14.7 Å². The van der Waals surface area contributed by atoms with Crippen molar-refractivity contribution in [3.05, 3.63) is 0 Å². The van der Waals surface area contributed by atoms with Crippen LogP contribution < -0.4 is 0 Å². The standard InChI is InChI=1S/C10H21NO2/c1-13-10-4-2-6-11(8-5-10)7-3-9-12/h10,12H,2-9H2,1H3. The summed E-state index contributed by atoms with van der Waals surface area (Å²) in [7, 11) is 1.80. The van der Waals surface area contributed by atoms with Gasteiger partial charge in [-0.1, -0.05) is 0 Å². The summed E-state index contributed by atoms with van der Waals surface area (Å²) < 4.78 is 5.35. The third-order valence-corrected chi connectivity index (χ3v) is 2.73. The third-order valence-electron chi connectivity index (χ3n) is 2.73. The molecule has 3 nitrogen and oxygen atoms in total. The van der Waals surface area contributed by atoms with Crippen molar-refractivity contribution in [3.63, 3.8) is 0 Å². The Morgan fingerprint density at radius 3 is 2.92 bits per heavy atom. The van der Waals surface area contributed by atoms with E-state index in [-0.39, 0.29) is 0 Å². The van der Waals surface area contributed by atoms with Gasteiger partial charge in [-0.25, -0.2) is 0 Å². The first-order valence-corrected chi connectivity index (χ1v) is 5.23. The first kappa shape index (κ1) is 11.0. The Labute approximate surface area is 80.7 Å². The molecule has 1 rings (SSSR count). The van der Waals surface area contributed by atoms with Gasteiger partial charge >= 0.3 is 0 Å². The average Bonchev–Trinajstić information content (AvgIpc) is 2.39. The Morgan fingerprint density at radius 2 is 2.23 bits per heavy atom. The molecule has 0 aromatic heterocycles. The molecule has 1 aliphatic rings. The van der Waals surface area contributed by atoms with E-state index in [1.165, 1.54) is 19.4 Å². The summed E-state index contributed by atoms with van der Waals surface area (Å²) in [5.41, 5.74) is 0. The summed E-state index contributed by atoms with van der Waals surface area (Å²) in [5, 5.41) is 8.71. The number of methoxy groups -OCH3 is 1. The van der Waals surface area contributed by atoms with Crippen molar-refractivity contribution in [3.8, 4) is 0 Å². The Bertz CT molecular complexity index is 130. The number of ether oxygens (including phenoxy) is 1. The second-order valence-electron chi connectivity index (χ2n) is 3.71. The van der Waals surface area contributed by atoms with Crippen LogP contribution in [0.5, 0.6) is 0 Å². The molecule has 0 aromatic carbocycles. The number of likely N-dealkylation sites (tertiary alicyclic amines) is 1. The Kier molecular flexibility index (Phi) is 5.35. The van der Waals surface area contributed by atoms with Crippen molar-refractivity contribution in [1.29, 1.82) is 0 Å². The lowest BCUT2D eigenvalue weighted by Crippen LogP contribution is -2.27. The maximum Gasteiger partial charge on any atom is 0.0584 e. The number of nitrogens with zero attached hydrogens (tertiary/aromatic N) is 1. The molecule has 3 heteroatoms. The first-order valence-electron chi connectivity index (χ1n) is 5.23. The van der Waals surface area contributed by atoms with Crippen LogP contribution in [-0.4, -0.2) is 49.5 Å². The second-order valence-corrected chi connectivity index (χ2v) is 3.71. The normalized spacial score (nSPS) is 25.8. The number of aliphatic hydroxyl groups is 1. The lowest BCUT2D eigenvalue weighted by atomic mass is 10.2. The van der Waals surface area contributed by atoms with Gasteiger partial charge in [-0.15, -0.1) is 0 Å². The van der Waals surface area contributed by atoms with Crippen molar-refractivity contribution < 1.29 is 9.84 Å². The van der Waals surface area contributed by atoms with Crippen LogP contribution in [0.4, 0.5) is 0 Å². The SMILES string of the molecule is COC1CCCN(CCCO)CC1. The average molecular weight is 187 g/mol. The van der Waals surface area contributed by atoms with Gasteiger partial charge in [-0.3, -0.25) is 0 Å². The topological polar surface area (TPSA) is 32.7 Å². The molecule has 1 N–H and O–H groups in total. The van der Waals surface area contributed by atoms with Gasteiger partial charge in [0.05, 0.1) is 6.10 Å². The molecule has 0 radical (unpaired) electrons. The molecule has 1 atom stereocenters. The summed E-state index contributed by atoms with van der Waals surface area (Å²) in [6, 6.07) is 0. The highest BCUT2D eigenvalue weighted by Crippen LogP contribution is 2.13. The van der Waals surface area contributed by atoms with E-state index in [0.29, 0.717) is 12.7 Å². The fourth-order valence-electron chi connectivity index (χ4n) is 1.88. The molecule has 78 valence electrons. The molecule has 1 aliphatic heterocycles. The van der Waals surface area contributed by atoms with E-state index in [4.69, 9.17) is 9.84 Å². The van der Waals surface area contributed by atoms with Gasteiger partial charge in [0.2, 0.25) is 0 Å². The van der Waals surface area contributed by atoms with Crippen LogP contribution in [0, 0.1) is 0 Å². The van der Waals surface area contributed by atoms with Crippen LogP contribution in [0.3, 0.4) is 0 Å². The maximum atomic E-state index is 8.71. The van der Waals surface area contributed by atoms with Gasteiger partial charge in [0.25, 0.3) is 0 Å². The largest absolute Gasteiger partial charge is 0.396 e. The zero-order chi connectivity index (χ0) is 9.52. The van der Waals surface area contributed by atoms with Crippen LogP contribution in [0.15, 0.2) is 0 Å². The monoisotopic (exact) mass is 187 g/mol. The van der Waals surface area contributed by atoms with Crippen molar-refractivity contribution in [1.82, 2.24) is 4.90 Å². The number of aliphatic hydroxyl groups excluding tert-OH is 1. The lowest BCUT2D eigenvalue weighted by Gasteiger charge is -2.19. The summed E-state index contributed by atoms with van der Waals surface area (Å²) in [6.07, 6.45) is 4.91. The minimum Gasteiger partial charge on any atom is -0.396 e. The molecule has 1 fully saturated rings. The fraction of sp³-hybridized carbons (Fsp3) is 1.00. The fourth-order valence-corrected chi connectivity index (χ4v) is 1.88. The molecular formula is C10H21NO2. The van der Waals surface area contributed by atoms with Gasteiger partial charge in [-0.2, -0.15) is 0 Å². The summed E-state index contributed by atoms with van der Waals surface area (Å²) in [5.74, 6) is 0. The van der Waals surface area contributed by atoms with Crippen molar-refractivity contribution in [2.24, 2.45) is 0 Å². The van der Waals surface area contributed by atoms with Crippen LogP contribution in [0.1, 0.15) is 25.7 Å². The lowest BCUT2D eigenvalue weighted by molar-refractivity contribution is 0.0895. The van der Waals surface area contributed by atoms with Gasteiger partial charge in [0, 0.05) is 26.8 Å². The molecule has 0 amide bonds. The van der Waals surface area contributed by atoms with Gasteiger partial charge in [0.1, 0.15) is 0 Å². The van der Waals surface area contributed by atoms with E-state index in [1.54, 1.807) is 7.11 Å². The minimum atomic E-state index is 0.310. The van der Waals surface area contributed by atoms with Crippen LogP contribution in [0.2, 0.25) is 0 Å². The maximum absolute atomic E-state index is 8.71. The molecule has 1 heterocycles. The second kappa shape index (κ2) is 6.35. The number of hydrogen-bond acceptors (Lipinski definition) is 3. The van der Waals surface area contributed by atoms with E-state index in [9.17, 15) is 0 Å². The predicted octanol–water partition coefficient (Wildman–Crippen LogP) is 0.870. The third kappa shape index (κ3) is 4.07. The summed E-state index contributed by atoms with van der Waals surface area (Å²) >= 11 is 0. The number of hydrogen-bond donors (Lipinski definition) is 1. The molecule has 1 unspecified atom stereocenters. The van der Waals surface area contributed by atoms with E-state index >= 15 is 0 Å². The predicted molar refractivity (Wildman–Crippen MR) is 52.8 cm³/mol. The highest BCUT2D eigenvalue weighted by atomic mass is 16.5. The molecule has 0 saturated carbocycles. The van der Waals surface area contributed by atoms with E-state index < -0.39 is 0 Å². The van der Waals surface area contributed by atoms with Crippen molar-refractivity contribution in [2.75, 3.05) is 33.4 Å². The zero-order valence-corrected chi connectivity index (χ0v) is 8.54. The molecule has 13 heavy (non-hydrogen) atoms. The minimum absolute atomic E-state index is 0.310. The first-order chi connectivity index (χ1) is 6.36. The van der Waals surface area contributed by atoms with Crippen LogP contribution in [0.25, 0.3) is 0 Å². The zero-order valence-electron chi connectivity index (χ0n) is 8.54. The summed E-state index contributed by atoms with van der Waals surface area (Å²) in [4.78, 5) is 2.43. The van der Waals surface area contributed by atoms with Crippen LogP contribution >= 0.6 is 0 Å². The Balaban J connectivity index is 2.19. The quantitative estimate of drug-likeness (QED) is 0.709. The molecule has 1 saturated heterocycles. The van der Waals surface area contributed by atoms with E-state index in [0.717, 1.165) is 25.9 Å². The Morgan fingerprint density at radius 1 is 1.38 bits per heavy atom.